The highest BCUT2D eigenvalue weighted by Crippen LogP contribution is 2.59. The largest absolute Gasteiger partial charge is 0.472 e. The van der Waals surface area contributed by atoms with E-state index in [2.05, 4.69) is 44.9 Å². The third-order valence-electron chi connectivity index (χ3n) is 12.2. The van der Waals surface area contributed by atoms with Crippen LogP contribution >= 0.6 is 23.5 Å². The summed E-state index contributed by atoms with van der Waals surface area (Å²) >= 11 is 0. The molecular formula is C32H38N15O20P3. The van der Waals surface area contributed by atoms with E-state index in [4.69, 9.17) is 63.5 Å². The lowest BCUT2D eigenvalue weighted by Gasteiger charge is -2.33. The molecule has 14 atom stereocenters. The van der Waals surface area contributed by atoms with Gasteiger partial charge in [0.05, 0.1) is 52.0 Å². The highest BCUT2D eigenvalue weighted by atomic mass is 31.2. The van der Waals surface area contributed by atoms with E-state index >= 15 is 0 Å². The lowest BCUT2D eigenvalue weighted by molar-refractivity contribution is -0.186. The van der Waals surface area contributed by atoms with Crippen molar-refractivity contribution in [2.75, 3.05) is 50.2 Å². The third-order valence-corrected chi connectivity index (χ3v) is 14.6. The number of aromatic nitrogens is 12. The third kappa shape index (κ3) is 7.97. The molecule has 376 valence electrons. The van der Waals surface area contributed by atoms with Gasteiger partial charge in [-0.1, -0.05) is 0 Å². The van der Waals surface area contributed by atoms with Crippen molar-refractivity contribution in [3.8, 4) is 0 Å². The van der Waals surface area contributed by atoms with Crippen LogP contribution in [-0.4, -0.2) is 175 Å². The summed E-state index contributed by atoms with van der Waals surface area (Å²) in [6, 6.07) is 0. The Morgan fingerprint density at radius 1 is 0.671 bits per heavy atom. The second-order valence-corrected chi connectivity index (χ2v) is 20.6. The van der Waals surface area contributed by atoms with E-state index in [1.807, 2.05) is 0 Å². The first kappa shape index (κ1) is 47.2. The summed E-state index contributed by atoms with van der Waals surface area (Å²) in [6.45, 7) is -3.78. The van der Waals surface area contributed by atoms with Crippen molar-refractivity contribution in [2.45, 2.75) is 72.6 Å². The number of nitrogens with two attached hydrogens (primary N) is 3. The van der Waals surface area contributed by atoms with Crippen molar-refractivity contribution in [3.63, 3.8) is 0 Å². The molecule has 6 aromatic heterocycles. The second kappa shape index (κ2) is 16.7. The van der Waals surface area contributed by atoms with E-state index in [1.54, 1.807) is 0 Å². The number of nitrogens with zero attached hydrogens (tertiary/aromatic N) is 11. The average Bonchev–Trinajstić information content (AvgIpc) is 4.20. The van der Waals surface area contributed by atoms with Gasteiger partial charge in [0, 0.05) is 0 Å². The van der Waals surface area contributed by atoms with E-state index < -0.39 is 135 Å². The standard InChI is InChI=1S/C32H38N15O20P3/c33-21-12-23(38-6-36-21)45(8-40-12)28-17-19(31(64-28,2-58-17)4-61-68(51,52)53)67-70(56,57)62-5-32-3-59-18(29(65-32)46-9-41-13-22(34)37-7-39-24(13)46)20(32)66-69(54,55)60-1-11-15(48)16(49)27(63-11)47-10-42-14-25(47)43-30(35)44-26(14)50/h6-11,15-20,27-29,48-49H,1-5H2,(H,54,55)(H,56,57)(H2,33,36,38)(H2,34,37,39)(H2,51,52,53)(H3,35,43,44,50)/t11-,15+,16?,17?,18?,19-,20-,27-,28-,29-,31-,32-/m1/s1. The van der Waals surface area contributed by atoms with Crippen LogP contribution in [-0.2, 0) is 60.0 Å². The molecule has 38 heteroatoms. The smallest absolute Gasteiger partial charge is 0.387 e. The average molecular weight is 1050 g/mol. The van der Waals surface area contributed by atoms with Gasteiger partial charge in [0.15, 0.2) is 52.8 Å². The van der Waals surface area contributed by atoms with E-state index in [1.165, 1.54) is 21.8 Å². The van der Waals surface area contributed by atoms with Gasteiger partial charge in [-0.3, -0.25) is 46.1 Å². The number of ether oxygens (including phenoxy) is 5. The quantitative estimate of drug-likeness (QED) is 0.0423. The summed E-state index contributed by atoms with van der Waals surface area (Å²) in [4.78, 5) is 89.1. The van der Waals surface area contributed by atoms with Gasteiger partial charge in [-0.2, -0.15) is 4.98 Å². The lowest BCUT2D eigenvalue weighted by atomic mass is 10.0. The maximum absolute atomic E-state index is 14.1. The molecule has 5 aliphatic rings. The number of H-pyrrole nitrogens is 1. The normalized spacial score (nSPS) is 33.5. The Morgan fingerprint density at radius 3 is 1.71 bits per heavy atom. The fourth-order valence-electron chi connectivity index (χ4n) is 8.99. The monoisotopic (exact) mass is 1050 g/mol. The SMILES string of the molecule is Nc1nc2c(ncn2[C@@H]2O[C@H](COP(=O)(O)O[C@@H]3C4OC[C@]3(COP(=O)(O)O[C@@H]3C5OC[C@]3(COP(=O)(O)O)O[C@H]5n3cnc5c(N)ncnc53)O[C@H]4n3cnc4c(N)ncnc43)[C@H](O)C2O)c(=O)[nH]1. The van der Waals surface area contributed by atoms with Crippen LogP contribution in [0.1, 0.15) is 18.7 Å². The number of phosphoric ester groups is 3. The second-order valence-electron chi connectivity index (χ2n) is 16.5. The van der Waals surface area contributed by atoms with E-state index in [0.717, 1.165) is 23.5 Å². The predicted molar refractivity (Wildman–Crippen MR) is 222 cm³/mol. The van der Waals surface area contributed by atoms with Crippen molar-refractivity contribution >= 4 is 74.5 Å². The number of anilines is 3. The van der Waals surface area contributed by atoms with Gasteiger partial charge < -0.3 is 70.7 Å². The van der Waals surface area contributed by atoms with Gasteiger partial charge >= 0.3 is 23.5 Å². The van der Waals surface area contributed by atoms with E-state index in [-0.39, 0.29) is 51.1 Å². The van der Waals surface area contributed by atoms with Crippen LogP contribution in [0.2, 0.25) is 0 Å². The minimum absolute atomic E-state index is 0.00700. The van der Waals surface area contributed by atoms with Crippen LogP contribution in [0, 0.1) is 0 Å². The predicted octanol–water partition coefficient (Wildman–Crippen LogP) is -3.39. The molecule has 0 aromatic carbocycles. The Balaban J connectivity index is 0.842. The van der Waals surface area contributed by atoms with Crippen molar-refractivity contribution < 1.29 is 89.8 Å². The number of rotatable bonds is 16. The number of aromatic amines is 1. The molecule has 70 heavy (non-hydrogen) atoms. The molecule has 0 amide bonds. The number of hydrogen-bond acceptors (Lipinski definition) is 27. The summed E-state index contributed by atoms with van der Waals surface area (Å²) < 4.78 is 101. The van der Waals surface area contributed by atoms with Crippen LogP contribution in [0.25, 0.3) is 33.5 Å². The van der Waals surface area contributed by atoms with Crippen molar-refractivity contribution in [1.29, 1.82) is 0 Å². The summed E-state index contributed by atoms with van der Waals surface area (Å²) in [6.07, 6.45) is -9.10. The number of imidazole rings is 3. The van der Waals surface area contributed by atoms with Crippen LogP contribution in [0.5, 0.6) is 0 Å². The molecule has 5 aliphatic heterocycles. The zero-order valence-electron chi connectivity index (χ0n) is 35.1. The number of hydrogen-bond donors (Lipinski definition) is 10. The molecule has 5 saturated heterocycles. The Hall–Kier alpha value is -5.10. The van der Waals surface area contributed by atoms with Gasteiger partial charge in [0.1, 0.15) is 77.6 Å². The number of nitrogen functional groups attached to an aromatic ring is 3. The van der Waals surface area contributed by atoms with Gasteiger partial charge in [-0.05, 0) is 0 Å². The number of phosphoric acid groups is 3. The minimum atomic E-state index is -5.42. The first-order valence-corrected chi connectivity index (χ1v) is 24.9. The molecule has 13 N–H and O–H groups in total. The van der Waals surface area contributed by atoms with Gasteiger partial charge in [0.2, 0.25) is 5.95 Å². The molecule has 0 radical (unpaired) electrons. The first-order valence-electron chi connectivity index (χ1n) is 20.4. The van der Waals surface area contributed by atoms with Crippen LogP contribution in [0.3, 0.4) is 0 Å². The number of aliphatic hydroxyl groups is 2. The summed E-state index contributed by atoms with van der Waals surface area (Å²) in [5, 5.41) is 21.8. The number of fused-ring (bicyclic) bond motifs is 7. The van der Waals surface area contributed by atoms with Gasteiger partial charge in [0.25, 0.3) is 5.56 Å². The Bertz CT molecular complexity index is 3250. The molecule has 5 unspecified atom stereocenters. The van der Waals surface area contributed by atoms with E-state index in [0.29, 0.717) is 0 Å². The molecule has 0 aliphatic carbocycles. The maximum atomic E-state index is 14.1. The summed E-state index contributed by atoms with van der Waals surface area (Å²) in [5.74, 6) is -0.283. The van der Waals surface area contributed by atoms with Crippen molar-refractivity contribution in [3.05, 3.63) is 42.0 Å². The number of nitrogens with one attached hydrogen (secondary N) is 1. The Morgan fingerprint density at radius 2 is 1.17 bits per heavy atom. The highest BCUT2D eigenvalue weighted by molar-refractivity contribution is 7.47. The topological polar surface area (TPSA) is 494 Å². The zero-order chi connectivity index (χ0) is 49.3. The fraction of sp³-hybridized carbons (Fsp3) is 0.531. The first-order chi connectivity index (χ1) is 33.2. The van der Waals surface area contributed by atoms with E-state index in [9.17, 15) is 48.3 Å². The molecule has 35 nitrogen and oxygen atoms in total. The molecule has 6 aromatic rings. The van der Waals surface area contributed by atoms with Gasteiger partial charge in [-0.25, -0.2) is 48.6 Å². The molecule has 0 saturated carbocycles. The molecule has 4 bridgehead atoms. The molecule has 0 spiro atoms. The lowest BCUT2D eigenvalue weighted by Crippen LogP contribution is -2.47. The molecule has 11 rings (SSSR count). The summed E-state index contributed by atoms with van der Waals surface area (Å²) in [5.41, 5.74) is 13.2. The molecule has 5 fully saturated rings. The fourth-order valence-corrected chi connectivity index (χ4v) is 11.4. The highest BCUT2D eigenvalue weighted by Gasteiger charge is 2.68. The Labute approximate surface area is 387 Å². The van der Waals surface area contributed by atoms with Gasteiger partial charge in [-0.15, -0.1) is 0 Å². The Kier molecular flexibility index (Phi) is 11.3. The number of aliphatic hydroxyl groups excluding tert-OH is 2. The van der Waals surface area contributed by atoms with Crippen molar-refractivity contribution in [1.82, 2.24) is 58.6 Å². The van der Waals surface area contributed by atoms with Crippen LogP contribution in [0.15, 0.2) is 36.4 Å². The summed E-state index contributed by atoms with van der Waals surface area (Å²) in [7, 11) is -15.9. The minimum Gasteiger partial charge on any atom is -0.387 e. The molecular weight excluding hydrogens is 1010 g/mol. The van der Waals surface area contributed by atoms with Crippen LogP contribution in [0.4, 0.5) is 17.6 Å². The molecule has 11 heterocycles. The van der Waals surface area contributed by atoms with Crippen molar-refractivity contribution in [2.24, 2.45) is 0 Å². The maximum Gasteiger partial charge on any atom is 0.472 e. The van der Waals surface area contributed by atoms with Crippen LogP contribution < -0.4 is 22.8 Å². The zero-order valence-corrected chi connectivity index (χ0v) is 37.8.